The van der Waals surface area contributed by atoms with E-state index in [1.165, 1.54) is 0 Å². The van der Waals surface area contributed by atoms with E-state index in [0.717, 1.165) is 13.0 Å². The zero-order valence-corrected chi connectivity index (χ0v) is 7.89. The SMILES string of the molecule is CN(C)CCC1(C)CNC(=O)O1. The van der Waals surface area contributed by atoms with Gasteiger partial charge >= 0.3 is 6.09 Å². The van der Waals surface area contributed by atoms with Crippen LogP contribution in [0.4, 0.5) is 4.79 Å². The third kappa shape index (κ3) is 2.37. The van der Waals surface area contributed by atoms with Crippen LogP contribution in [0, 0.1) is 0 Å². The maximum Gasteiger partial charge on any atom is 0.407 e. The molecule has 0 spiro atoms. The van der Waals surface area contributed by atoms with Gasteiger partial charge in [-0.05, 0) is 21.0 Å². The Morgan fingerprint density at radius 2 is 2.33 bits per heavy atom. The van der Waals surface area contributed by atoms with Crippen molar-refractivity contribution < 1.29 is 9.53 Å². The van der Waals surface area contributed by atoms with Crippen LogP contribution in [0.25, 0.3) is 0 Å². The number of carbonyl (C=O) groups excluding carboxylic acids is 1. The van der Waals surface area contributed by atoms with Crippen molar-refractivity contribution in [3.8, 4) is 0 Å². The molecule has 1 saturated heterocycles. The summed E-state index contributed by atoms with van der Waals surface area (Å²) in [5, 5.41) is 2.65. The molecule has 1 amide bonds. The standard InChI is InChI=1S/C8H16N2O2/c1-8(4-5-10(2)3)6-9-7(11)12-8/h4-6H2,1-3H3,(H,9,11). The van der Waals surface area contributed by atoms with Gasteiger partial charge in [0.25, 0.3) is 0 Å². The van der Waals surface area contributed by atoms with E-state index in [-0.39, 0.29) is 11.7 Å². The summed E-state index contributed by atoms with van der Waals surface area (Å²) in [5.41, 5.74) is -0.304. The van der Waals surface area contributed by atoms with Gasteiger partial charge in [-0.25, -0.2) is 4.79 Å². The lowest BCUT2D eigenvalue weighted by atomic mass is 10.0. The lowest BCUT2D eigenvalue weighted by Gasteiger charge is -2.22. The van der Waals surface area contributed by atoms with Crippen molar-refractivity contribution in [2.45, 2.75) is 18.9 Å². The quantitative estimate of drug-likeness (QED) is 0.671. The molecule has 1 rings (SSSR count). The van der Waals surface area contributed by atoms with Crippen LogP contribution in [0.1, 0.15) is 13.3 Å². The van der Waals surface area contributed by atoms with Crippen molar-refractivity contribution in [3.63, 3.8) is 0 Å². The van der Waals surface area contributed by atoms with Gasteiger partial charge in [0.1, 0.15) is 5.60 Å². The Balaban J connectivity index is 2.35. The molecule has 1 heterocycles. The van der Waals surface area contributed by atoms with Gasteiger partial charge in [-0.1, -0.05) is 0 Å². The maximum absolute atomic E-state index is 10.8. The second-order valence-electron chi connectivity index (χ2n) is 3.75. The summed E-state index contributed by atoms with van der Waals surface area (Å²) < 4.78 is 5.12. The Morgan fingerprint density at radius 1 is 1.67 bits per heavy atom. The summed E-state index contributed by atoms with van der Waals surface area (Å²) in [5.74, 6) is 0. The molecule has 0 bridgehead atoms. The first kappa shape index (κ1) is 9.32. The minimum Gasteiger partial charge on any atom is -0.441 e. The highest BCUT2D eigenvalue weighted by Gasteiger charge is 2.34. The first-order chi connectivity index (χ1) is 5.52. The molecule has 1 N–H and O–H groups in total. The number of carbonyl (C=O) groups is 1. The zero-order valence-electron chi connectivity index (χ0n) is 7.89. The Bertz CT molecular complexity index is 182. The number of rotatable bonds is 3. The molecule has 4 nitrogen and oxygen atoms in total. The van der Waals surface area contributed by atoms with E-state index in [1.54, 1.807) is 0 Å². The molecule has 1 atom stereocenters. The molecule has 70 valence electrons. The molecule has 1 aliphatic heterocycles. The number of alkyl carbamates (subject to hydrolysis) is 1. The first-order valence-electron chi connectivity index (χ1n) is 4.13. The smallest absolute Gasteiger partial charge is 0.407 e. The average Bonchev–Trinajstić information content (AvgIpc) is 2.29. The number of nitrogens with one attached hydrogen (secondary N) is 1. The number of amides is 1. The van der Waals surface area contributed by atoms with Crippen LogP contribution in [0.15, 0.2) is 0 Å². The summed E-state index contributed by atoms with van der Waals surface area (Å²) in [6.07, 6.45) is 0.579. The van der Waals surface area contributed by atoms with Crippen LogP contribution in [-0.2, 0) is 4.74 Å². The van der Waals surface area contributed by atoms with Crippen LogP contribution >= 0.6 is 0 Å². The zero-order chi connectivity index (χ0) is 9.19. The number of hydrogen-bond acceptors (Lipinski definition) is 3. The van der Waals surface area contributed by atoms with E-state index in [0.29, 0.717) is 6.54 Å². The van der Waals surface area contributed by atoms with E-state index in [4.69, 9.17) is 4.74 Å². The predicted molar refractivity (Wildman–Crippen MR) is 46.1 cm³/mol. The third-order valence-corrected chi connectivity index (χ3v) is 2.03. The van der Waals surface area contributed by atoms with Gasteiger partial charge in [0.05, 0.1) is 6.54 Å². The van der Waals surface area contributed by atoms with E-state index in [2.05, 4.69) is 10.2 Å². The van der Waals surface area contributed by atoms with Crippen LogP contribution in [0.2, 0.25) is 0 Å². The van der Waals surface area contributed by atoms with Gasteiger partial charge in [0.2, 0.25) is 0 Å². The molecule has 0 saturated carbocycles. The normalized spacial score (nSPS) is 28.8. The molecule has 12 heavy (non-hydrogen) atoms. The number of hydrogen-bond donors (Lipinski definition) is 1. The maximum atomic E-state index is 10.8. The van der Waals surface area contributed by atoms with Gasteiger partial charge in [0.15, 0.2) is 0 Å². The summed E-state index contributed by atoms with van der Waals surface area (Å²) in [6, 6.07) is 0. The molecule has 0 aliphatic carbocycles. The third-order valence-electron chi connectivity index (χ3n) is 2.03. The van der Waals surface area contributed by atoms with Crippen molar-refractivity contribution >= 4 is 6.09 Å². The first-order valence-corrected chi connectivity index (χ1v) is 4.13. The fourth-order valence-electron chi connectivity index (χ4n) is 1.15. The highest BCUT2D eigenvalue weighted by Crippen LogP contribution is 2.19. The van der Waals surface area contributed by atoms with E-state index in [9.17, 15) is 4.79 Å². The molecule has 1 unspecified atom stereocenters. The topological polar surface area (TPSA) is 41.6 Å². The minimum absolute atomic E-state index is 0.295. The summed E-state index contributed by atoms with van der Waals surface area (Å²) in [6.45, 7) is 3.51. The fraction of sp³-hybridized carbons (Fsp3) is 0.875. The second-order valence-corrected chi connectivity index (χ2v) is 3.75. The van der Waals surface area contributed by atoms with Gasteiger partial charge in [-0.2, -0.15) is 0 Å². The number of ether oxygens (including phenoxy) is 1. The van der Waals surface area contributed by atoms with Crippen molar-refractivity contribution in [2.75, 3.05) is 27.2 Å². The monoisotopic (exact) mass is 172 g/mol. The Hall–Kier alpha value is -0.770. The van der Waals surface area contributed by atoms with Gasteiger partial charge in [-0.15, -0.1) is 0 Å². The van der Waals surface area contributed by atoms with Gasteiger partial charge in [0, 0.05) is 13.0 Å². The molecule has 0 radical (unpaired) electrons. The van der Waals surface area contributed by atoms with E-state index >= 15 is 0 Å². The van der Waals surface area contributed by atoms with E-state index in [1.807, 2.05) is 21.0 Å². The van der Waals surface area contributed by atoms with Gasteiger partial charge in [-0.3, -0.25) is 0 Å². The number of nitrogens with zero attached hydrogens (tertiary/aromatic N) is 1. The van der Waals surface area contributed by atoms with Crippen LogP contribution in [-0.4, -0.2) is 43.8 Å². The molecule has 1 fully saturated rings. The molecule has 4 heteroatoms. The Kier molecular flexibility index (Phi) is 2.57. The summed E-state index contributed by atoms with van der Waals surface area (Å²) in [4.78, 5) is 12.8. The van der Waals surface area contributed by atoms with Crippen molar-refractivity contribution in [1.29, 1.82) is 0 Å². The highest BCUT2D eigenvalue weighted by molar-refractivity contribution is 5.70. The second kappa shape index (κ2) is 3.31. The predicted octanol–water partition coefficient (Wildman–Crippen LogP) is 0.437. The number of cyclic esters (lactones) is 1. The molecule has 0 aromatic rings. The average molecular weight is 172 g/mol. The molecular formula is C8H16N2O2. The highest BCUT2D eigenvalue weighted by atomic mass is 16.6. The molecule has 0 aromatic heterocycles. The molecule has 1 aliphatic rings. The summed E-state index contributed by atoms with van der Waals surface area (Å²) >= 11 is 0. The van der Waals surface area contributed by atoms with Crippen LogP contribution in [0.5, 0.6) is 0 Å². The molecule has 0 aromatic carbocycles. The summed E-state index contributed by atoms with van der Waals surface area (Å²) in [7, 11) is 4.02. The largest absolute Gasteiger partial charge is 0.441 e. The van der Waals surface area contributed by atoms with E-state index < -0.39 is 0 Å². The lowest BCUT2D eigenvalue weighted by Crippen LogP contribution is -2.33. The van der Waals surface area contributed by atoms with Crippen LogP contribution in [0.3, 0.4) is 0 Å². The minimum atomic E-state index is -0.304. The Morgan fingerprint density at radius 3 is 2.75 bits per heavy atom. The van der Waals surface area contributed by atoms with Crippen LogP contribution < -0.4 is 5.32 Å². The fourth-order valence-corrected chi connectivity index (χ4v) is 1.15. The van der Waals surface area contributed by atoms with Gasteiger partial charge < -0.3 is 15.0 Å². The van der Waals surface area contributed by atoms with Crippen molar-refractivity contribution in [2.24, 2.45) is 0 Å². The Labute approximate surface area is 72.9 Å². The lowest BCUT2D eigenvalue weighted by molar-refractivity contribution is 0.0592. The van der Waals surface area contributed by atoms with Crippen molar-refractivity contribution in [1.82, 2.24) is 10.2 Å². The molecular weight excluding hydrogens is 156 g/mol. The van der Waals surface area contributed by atoms with Crippen molar-refractivity contribution in [3.05, 3.63) is 0 Å².